The van der Waals surface area contributed by atoms with Gasteiger partial charge in [-0.3, -0.25) is 9.59 Å². The Hall–Kier alpha value is -2.82. The van der Waals surface area contributed by atoms with Crippen LogP contribution in [0.3, 0.4) is 0 Å². The lowest BCUT2D eigenvalue weighted by molar-refractivity contribution is -0.123. The van der Waals surface area contributed by atoms with Crippen molar-refractivity contribution in [3.8, 4) is 0 Å². The fourth-order valence-corrected chi connectivity index (χ4v) is 3.74. The standard InChI is InChI=1S/C26H35N3O2/c1-18-13-15-29(16-14-18)23-12-11-21(28-25(31)26(3,4)5)17-22(23)24(30)27-19(2)20-9-7-6-8-10-20/h6-12,17-19H,13-16H2,1-5H3,(H,27,30)(H,28,31)/t19-/m0/s1. The molecule has 1 fully saturated rings. The number of carbonyl (C=O) groups is 2. The third-order valence-electron chi connectivity index (χ3n) is 5.95. The molecule has 1 atom stereocenters. The zero-order valence-electron chi connectivity index (χ0n) is 19.4. The van der Waals surface area contributed by atoms with E-state index >= 15 is 0 Å². The average Bonchev–Trinajstić information content (AvgIpc) is 2.74. The van der Waals surface area contributed by atoms with Gasteiger partial charge in [-0.15, -0.1) is 0 Å². The van der Waals surface area contributed by atoms with Crippen LogP contribution in [0.5, 0.6) is 0 Å². The van der Waals surface area contributed by atoms with E-state index in [0.717, 1.165) is 37.2 Å². The van der Waals surface area contributed by atoms with Crippen molar-refractivity contribution in [1.29, 1.82) is 0 Å². The first-order valence-electron chi connectivity index (χ1n) is 11.2. The number of nitrogens with zero attached hydrogens (tertiary/aromatic N) is 1. The van der Waals surface area contributed by atoms with Crippen LogP contribution in [0, 0.1) is 11.3 Å². The molecule has 1 aliphatic heterocycles. The molecule has 5 heteroatoms. The van der Waals surface area contributed by atoms with Gasteiger partial charge >= 0.3 is 0 Å². The lowest BCUT2D eigenvalue weighted by Gasteiger charge is -2.33. The molecule has 5 nitrogen and oxygen atoms in total. The van der Waals surface area contributed by atoms with Crippen LogP contribution in [0.1, 0.15) is 69.4 Å². The van der Waals surface area contributed by atoms with E-state index in [1.54, 1.807) is 0 Å². The number of rotatable bonds is 5. The second-order valence-corrected chi connectivity index (χ2v) is 9.71. The zero-order valence-corrected chi connectivity index (χ0v) is 19.4. The van der Waals surface area contributed by atoms with Gasteiger partial charge in [-0.2, -0.15) is 0 Å². The molecule has 0 aromatic heterocycles. The van der Waals surface area contributed by atoms with E-state index in [2.05, 4.69) is 22.5 Å². The van der Waals surface area contributed by atoms with Crippen LogP contribution < -0.4 is 15.5 Å². The lowest BCUT2D eigenvalue weighted by atomic mass is 9.95. The maximum atomic E-state index is 13.3. The summed E-state index contributed by atoms with van der Waals surface area (Å²) in [6.07, 6.45) is 2.23. The average molecular weight is 422 g/mol. The van der Waals surface area contributed by atoms with Crippen LogP contribution in [0.4, 0.5) is 11.4 Å². The van der Waals surface area contributed by atoms with E-state index < -0.39 is 5.41 Å². The molecule has 1 saturated heterocycles. The molecule has 0 aliphatic carbocycles. The molecule has 2 N–H and O–H groups in total. The Morgan fingerprint density at radius 1 is 1.03 bits per heavy atom. The third-order valence-corrected chi connectivity index (χ3v) is 5.95. The number of carbonyl (C=O) groups excluding carboxylic acids is 2. The molecule has 2 aromatic rings. The highest BCUT2D eigenvalue weighted by molar-refractivity contribution is 6.02. The fourth-order valence-electron chi connectivity index (χ4n) is 3.74. The van der Waals surface area contributed by atoms with Gasteiger partial charge in [-0.05, 0) is 49.4 Å². The summed E-state index contributed by atoms with van der Waals surface area (Å²) in [5, 5.41) is 6.10. The summed E-state index contributed by atoms with van der Waals surface area (Å²) in [5.41, 5.74) is 2.72. The quantitative estimate of drug-likeness (QED) is 0.680. The Labute approximate surface area is 186 Å². The summed E-state index contributed by atoms with van der Waals surface area (Å²) < 4.78 is 0. The van der Waals surface area contributed by atoms with Gasteiger partial charge in [-0.25, -0.2) is 0 Å². The SMILES string of the molecule is CC1CCN(c2ccc(NC(=O)C(C)(C)C)cc2C(=O)N[C@@H](C)c2ccccc2)CC1. The number of benzene rings is 2. The third kappa shape index (κ3) is 5.87. The highest BCUT2D eigenvalue weighted by Gasteiger charge is 2.25. The maximum absolute atomic E-state index is 13.3. The van der Waals surface area contributed by atoms with Crippen LogP contribution in [-0.4, -0.2) is 24.9 Å². The van der Waals surface area contributed by atoms with Gasteiger partial charge in [0.1, 0.15) is 0 Å². The molecule has 1 heterocycles. The minimum Gasteiger partial charge on any atom is -0.371 e. The summed E-state index contributed by atoms with van der Waals surface area (Å²) in [6, 6.07) is 15.5. The normalized spacial score (nSPS) is 16.0. The summed E-state index contributed by atoms with van der Waals surface area (Å²) in [6.45, 7) is 11.8. The summed E-state index contributed by atoms with van der Waals surface area (Å²) in [7, 11) is 0. The molecule has 31 heavy (non-hydrogen) atoms. The van der Waals surface area contributed by atoms with Crippen molar-refractivity contribution < 1.29 is 9.59 Å². The van der Waals surface area contributed by atoms with E-state index in [9.17, 15) is 9.59 Å². The van der Waals surface area contributed by atoms with Crippen molar-refractivity contribution >= 4 is 23.2 Å². The molecule has 1 aliphatic rings. The van der Waals surface area contributed by atoms with Gasteiger partial charge in [0.15, 0.2) is 0 Å². The smallest absolute Gasteiger partial charge is 0.253 e. The first-order valence-corrected chi connectivity index (χ1v) is 11.2. The topological polar surface area (TPSA) is 61.4 Å². The number of anilines is 2. The summed E-state index contributed by atoms with van der Waals surface area (Å²) in [5.74, 6) is 0.505. The monoisotopic (exact) mass is 421 g/mol. The zero-order chi connectivity index (χ0) is 22.6. The molecule has 0 spiro atoms. The van der Waals surface area contributed by atoms with Crippen molar-refractivity contribution in [3.05, 3.63) is 59.7 Å². The minimum absolute atomic E-state index is 0.0731. The Balaban J connectivity index is 1.88. The van der Waals surface area contributed by atoms with Crippen LogP contribution in [-0.2, 0) is 4.79 Å². The van der Waals surface area contributed by atoms with Crippen LogP contribution in [0.2, 0.25) is 0 Å². The predicted octanol–water partition coefficient (Wildman–Crippen LogP) is 5.40. The molecular formula is C26H35N3O2. The van der Waals surface area contributed by atoms with Gasteiger partial charge in [0, 0.05) is 29.9 Å². The van der Waals surface area contributed by atoms with Crippen molar-refractivity contribution in [2.45, 2.75) is 53.5 Å². The van der Waals surface area contributed by atoms with E-state index in [1.807, 2.05) is 76.2 Å². The first-order chi connectivity index (χ1) is 14.6. The number of piperidine rings is 1. The molecule has 3 rings (SSSR count). The van der Waals surface area contributed by atoms with Gasteiger partial charge in [0.25, 0.3) is 5.91 Å². The van der Waals surface area contributed by atoms with Gasteiger partial charge < -0.3 is 15.5 Å². The van der Waals surface area contributed by atoms with Crippen molar-refractivity contribution in [2.24, 2.45) is 11.3 Å². The second-order valence-electron chi connectivity index (χ2n) is 9.71. The van der Waals surface area contributed by atoms with E-state index in [0.29, 0.717) is 17.2 Å². The largest absolute Gasteiger partial charge is 0.371 e. The van der Waals surface area contributed by atoms with Gasteiger partial charge in [-0.1, -0.05) is 58.0 Å². The number of amides is 2. The van der Waals surface area contributed by atoms with Crippen LogP contribution in [0.15, 0.2) is 48.5 Å². The van der Waals surface area contributed by atoms with Gasteiger partial charge in [0.2, 0.25) is 5.91 Å². The highest BCUT2D eigenvalue weighted by Crippen LogP contribution is 2.30. The molecule has 0 saturated carbocycles. The summed E-state index contributed by atoms with van der Waals surface area (Å²) in [4.78, 5) is 28.1. The Morgan fingerprint density at radius 3 is 2.29 bits per heavy atom. The Kier molecular flexibility index (Phi) is 7.04. The Morgan fingerprint density at radius 2 is 1.68 bits per heavy atom. The second kappa shape index (κ2) is 9.54. The molecule has 0 unspecified atom stereocenters. The Bertz CT molecular complexity index is 910. The van der Waals surface area contributed by atoms with Crippen LogP contribution >= 0.6 is 0 Å². The number of nitrogens with one attached hydrogen (secondary N) is 2. The number of hydrogen-bond acceptors (Lipinski definition) is 3. The summed E-state index contributed by atoms with van der Waals surface area (Å²) >= 11 is 0. The van der Waals surface area contributed by atoms with E-state index in [4.69, 9.17) is 0 Å². The molecular weight excluding hydrogens is 386 g/mol. The molecule has 0 radical (unpaired) electrons. The van der Waals surface area contributed by atoms with Crippen LogP contribution in [0.25, 0.3) is 0 Å². The highest BCUT2D eigenvalue weighted by atomic mass is 16.2. The lowest BCUT2D eigenvalue weighted by Crippen LogP contribution is -2.35. The molecule has 0 bridgehead atoms. The minimum atomic E-state index is -0.508. The first kappa shape index (κ1) is 22.9. The van der Waals surface area contributed by atoms with Crippen molar-refractivity contribution in [3.63, 3.8) is 0 Å². The fraction of sp³-hybridized carbons (Fsp3) is 0.462. The molecule has 166 valence electrons. The molecule has 2 aromatic carbocycles. The molecule has 2 amide bonds. The predicted molar refractivity (Wildman–Crippen MR) is 127 cm³/mol. The van der Waals surface area contributed by atoms with Crippen molar-refractivity contribution in [2.75, 3.05) is 23.3 Å². The van der Waals surface area contributed by atoms with E-state index in [-0.39, 0.29) is 17.9 Å². The maximum Gasteiger partial charge on any atom is 0.253 e. The van der Waals surface area contributed by atoms with E-state index in [1.165, 1.54) is 0 Å². The van der Waals surface area contributed by atoms with Gasteiger partial charge in [0.05, 0.1) is 11.6 Å². The van der Waals surface area contributed by atoms with Crippen molar-refractivity contribution in [1.82, 2.24) is 5.32 Å². The number of hydrogen-bond donors (Lipinski definition) is 2.